The molecule has 0 heterocycles. The van der Waals surface area contributed by atoms with Crippen LogP contribution in [-0.2, 0) is 0 Å². The van der Waals surface area contributed by atoms with Gasteiger partial charge in [0.1, 0.15) is 6.04 Å². The summed E-state index contributed by atoms with van der Waals surface area (Å²) in [6, 6.07) is 0.356. The van der Waals surface area contributed by atoms with E-state index in [9.17, 15) is 5.21 Å². The predicted octanol–water partition coefficient (Wildman–Crippen LogP) is 1.40. The molecule has 0 aromatic rings. The summed E-state index contributed by atoms with van der Waals surface area (Å²) in [5.74, 6) is 0. The molecule has 1 N–H and O–H groups in total. The molecule has 0 aliphatic carbocycles. The fourth-order valence-corrected chi connectivity index (χ4v) is 0.734. The van der Waals surface area contributed by atoms with Crippen molar-refractivity contribution in [2.45, 2.75) is 32.7 Å². The predicted molar refractivity (Wildman–Crippen MR) is 48.6 cm³/mol. The summed E-state index contributed by atoms with van der Waals surface area (Å²) >= 11 is 0. The van der Waals surface area contributed by atoms with Crippen LogP contribution in [0.25, 0.3) is 0 Å². The second-order valence-corrected chi connectivity index (χ2v) is 3.34. The molecule has 0 rings (SSSR count). The standard InChI is InChI=1S/C7H18NO.NO3/c1-5-6-7(2)8(3,4)9;2-1(3)4/h7,9H,5-6H2,1-4H3;/q+1;-1/t7-;/m1./s1. The van der Waals surface area contributed by atoms with Crippen LogP contribution in [-0.4, -0.2) is 35.1 Å². The fourth-order valence-electron chi connectivity index (χ4n) is 0.734. The van der Waals surface area contributed by atoms with E-state index in [1.165, 1.54) is 0 Å². The number of hydroxylamine groups is 3. The van der Waals surface area contributed by atoms with Gasteiger partial charge in [0.2, 0.25) is 0 Å². The zero-order valence-electron chi connectivity index (χ0n) is 8.56. The highest BCUT2D eigenvalue weighted by atomic mass is 16.9. The van der Waals surface area contributed by atoms with E-state index in [0.717, 1.165) is 12.8 Å². The maximum absolute atomic E-state index is 9.35. The molecule has 0 saturated carbocycles. The van der Waals surface area contributed by atoms with Gasteiger partial charge in [-0.3, -0.25) is 0 Å². The van der Waals surface area contributed by atoms with E-state index in [2.05, 4.69) is 13.8 Å². The molecule has 0 aromatic heterocycles. The number of quaternary nitrogens is 1. The van der Waals surface area contributed by atoms with Crippen molar-refractivity contribution < 1.29 is 14.9 Å². The van der Waals surface area contributed by atoms with Gasteiger partial charge in [-0.1, -0.05) is 13.3 Å². The molecule has 0 aromatic carbocycles. The summed E-state index contributed by atoms with van der Waals surface area (Å²) in [4.78, 5) is 8.25. The van der Waals surface area contributed by atoms with Gasteiger partial charge in [-0.2, -0.15) is 4.65 Å². The Hall–Kier alpha value is -0.880. The van der Waals surface area contributed by atoms with Gasteiger partial charge in [0, 0.05) is 6.42 Å². The minimum Gasteiger partial charge on any atom is -0.356 e. The van der Waals surface area contributed by atoms with Crippen LogP contribution in [0.15, 0.2) is 0 Å². The summed E-state index contributed by atoms with van der Waals surface area (Å²) in [5, 5.41) is 24.1. The molecule has 6 nitrogen and oxygen atoms in total. The SMILES string of the molecule is CCC[C@@H](C)[N+](C)(C)O.O=[N+]([O-])[O-]. The first kappa shape index (κ1) is 14.6. The summed E-state index contributed by atoms with van der Waals surface area (Å²) in [6.45, 7) is 4.19. The molecular formula is C7H18N2O4. The van der Waals surface area contributed by atoms with Gasteiger partial charge in [0.05, 0.1) is 19.2 Å². The minimum atomic E-state index is -1.75. The van der Waals surface area contributed by atoms with Crippen molar-refractivity contribution in [3.63, 3.8) is 0 Å². The molecule has 0 aliphatic rings. The van der Waals surface area contributed by atoms with Gasteiger partial charge < -0.3 is 15.3 Å². The van der Waals surface area contributed by atoms with Crippen LogP contribution in [0.4, 0.5) is 0 Å². The highest BCUT2D eigenvalue weighted by molar-refractivity contribution is 4.44. The van der Waals surface area contributed by atoms with Crippen molar-refractivity contribution in [2.75, 3.05) is 14.1 Å². The first-order chi connectivity index (χ1) is 5.71. The first-order valence-corrected chi connectivity index (χ1v) is 4.09. The van der Waals surface area contributed by atoms with Gasteiger partial charge in [0.15, 0.2) is 0 Å². The van der Waals surface area contributed by atoms with Gasteiger partial charge >= 0.3 is 0 Å². The molecule has 0 fully saturated rings. The lowest BCUT2D eigenvalue weighted by molar-refractivity contribution is -1.09. The quantitative estimate of drug-likeness (QED) is 0.418. The Kier molecular flexibility index (Phi) is 7.45. The third-order valence-corrected chi connectivity index (χ3v) is 1.79. The Labute approximate surface area is 78.1 Å². The fraction of sp³-hybridized carbons (Fsp3) is 1.00. The van der Waals surface area contributed by atoms with Crippen LogP contribution < -0.4 is 0 Å². The molecule has 1 atom stereocenters. The summed E-state index contributed by atoms with van der Waals surface area (Å²) in [5.41, 5.74) is 0. The molecule has 0 spiro atoms. The Bertz CT molecular complexity index is 140. The number of hydrogen-bond donors (Lipinski definition) is 1. The van der Waals surface area contributed by atoms with Crippen molar-refractivity contribution in [2.24, 2.45) is 0 Å². The van der Waals surface area contributed by atoms with E-state index < -0.39 is 5.09 Å². The normalized spacial score (nSPS) is 12.7. The van der Waals surface area contributed by atoms with E-state index in [1.807, 2.05) is 0 Å². The molecule has 0 unspecified atom stereocenters. The zero-order valence-corrected chi connectivity index (χ0v) is 8.56. The van der Waals surface area contributed by atoms with E-state index in [4.69, 9.17) is 15.3 Å². The monoisotopic (exact) mass is 194 g/mol. The molecule has 0 aliphatic heterocycles. The largest absolute Gasteiger partial charge is 0.356 e. The molecular weight excluding hydrogens is 176 g/mol. The lowest BCUT2D eigenvalue weighted by Crippen LogP contribution is -2.43. The van der Waals surface area contributed by atoms with Crippen molar-refractivity contribution in [3.05, 3.63) is 15.3 Å². The smallest absolute Gasteiger partial charge is 0.115 e. The average molecular weight is 194 g/mol. The van der Waals surface area contributed by atoms with Gasteiger partial charge in [-0.05, 0) is 6.92 Å². The molecule has 13 heavy (non-hydrogen) atoms. The lowest BCUT2D eigenvalue weighted by atomic mass is 10.2. The van der Waals surface area contributed by atoms with Gasteiger partial charge in [-0.25, -0.2) is 5.21 Å². The molecule has 0 saturated heterocycles. The minimum absolute atomic E-state index is 0.0911. The van der Waals surface area contributed by atoms with Crippen LogP contribution in [0.3, 0.4) is 0 Å². The van der Waals surface area contributed by atoms with Crippen LogP contribution >= 0.6 is 0 Å². The highest BCUT2D eigenvalue weighted by Crippen LogP contribution is 2.07. The van der Waals surface area contributed by atoms with Crippen LogP contribution in [0.5, 0.6) is 0 Å². The maximum Gasteiger partial charge on any atom is 0.115 e. The number of nitrogens with zero attached hydrogens (tertiary/aromatic N) is 2. The van der Waals surface area contributed by atoms with Crippen LogP contribution in [0.2, 0.25) is 0 Å². The van der Waals surface area contributed by atoms with E-state index in [-0.39, 0.29) is 4.65 Å². The molecule has 0 amide bonds. The third-order valence-electron chi connectivity index (χ3n) is 1.79. The second-order valence-electron chi connectivity index (χ2n) is 3.34. The van der Waals surface area contributed by atoms with E-state index in [0.29, 0.717) is 6.04 Å². The summed E-state index contributed by atoms with van der Waals surface area (Å²) in [7, 11) is 3.61. The molecule has 6 heteroatoms. The number of rotatable bonds is 3. The van der Waals surface area contributed by atoms with Crippen molar-refractivity contribution in [1.29, 1.82) is 0 Å². The Morgan fingerprint density at radius 1 is 1.46 bits per heavy atom. The maximum atomic E-state index is 9.35. The van der Waals surface area contributed by atoms with E-state index >= 15 is 0 Å². The summed E-state index contributed by atoms with van der Waals surface area (Å²) in [6.07, 6.45) is 2.23. The van der Waals surface area contributed by atoms with Crippen LogP contribution in [0.1, 0.15) is 26.7 Å². The van der Waals surface area contributed by atoms with Crippen LogP contribution in [0, 0.1) is 15.3 Å². The van der Waals surface area contributed by atoms with E-state index in [1.54, 1.807) is 14.1 Å². The molecule has 0 bridgehead atoms. The van der Waals surface area contributed by atoms with Crippen molar-refractivity contribution in [3.8, 4) is 0 Å². The lowest BCUT2D eigenvalue weighted by Gasteiger charge is -2.26. The van der Waals surface area contributed by atoms with Gasteiger partial charge in [-0.15, -0.1) is 0 Å². The topological polar surface area (TPSA) is 86.4 Å². The Morgan fingerprint density at radius 2 is 1.77 bits per heavy atom. The Balaban J connectivity index is 0. The van der Waals surface area contributed by atoms with Gasteiger partial charge in [0.25, 0.3) is 0 Å². The molecule has 0 radical (unpaired) electrons. The van der Waals surface area contributed by atoms with Crippen molar-refractivity contribution in [1.82, 2.24) is 0 Å². The van der Waals surface area contributed by atoms with Crippen molar-refractivity contribution >= 4 is 0 Å². The third kappa shape index (κ3) is 14.0. The number of hydrogen-bond acceptors (Lipinski definition) is 4. The first-order valence-electron chi connectivity index (χ1n) is 4.09. The highest BCUT2D eigenvalue weighted by Gasteiger charge is 2.19. The molecule has 80 valence electrons. The second kappa shape index (κ2) is 6.62. The zero-order chi connectivity index (χ0) is 11.1. The average Bonchev–Trinajstić information content (AvgIpc) is 1.84. The summed E-state index contributed by atoms with van der Waals surface area (Å²) < 4.78 is 0.0911. The Morgan fingerprint density at radius 3 is 1.85 bits per heavy atom.